The van der Waals surface area contributed by atoms with Gasteiger partial charge in [0.2, 0.25) is 0 Å². The Bertz CT molecular complexity index is 1260. The molecule has 0 fully saturated rings. The molecule has 7 heteroatoms. The molecule has 0 saturated carbocycles. The third-order valence-electron chi connectivity index (χ3n) is 4.34. The zero-order valence-corrected chi connectivity index (χ0v) is 14.6. The van der Waals surface area contributed by atoms with Crippen molar-refractivity contribution in [2.24, 2.45) is 0 Å². The third-order valence-corrected chi connectivity index (χ3v) is 4.34. The Morgan fingerprint density at radius 1 is 1.07 bits per heavy atom. The second-order valence-corrected chi connectivity index (χ2v) is 6.47. The van der Waals surface area contributed by atoms with E-state index < -0.39 is 5.63 Å². The van der Waals surface area contributed by atoms with Gasteiger partial charge in [-0.05, 0) is 36.9 Å². The van der Waals surface area contributed by atoms with Gasteiger partial charge in [-0.3, -0.25) is 9.69 Å². The Morgan fingerprint density at radius 2 is 1.89 bits per heavy atom. The van der Waals surface area contributed by atoms with E-state index in [4.69, 9.17) is 4.42 Å². The number of fused-ring (bicyclic) bond motifs is 2. The number of aromatic nitrogens is 2. The predicted octanol–water partition coefficient (Wildman–Crippen LogP) is 2.37. The normalized spacial score (nSPS) is 11.5. The summed E-state index contributed by atoms with van der Waals surface area (Å²) in [5.74, 6) is 0.584. The fraction of sp³-hybridized carbons (Fsp3) is 0.150. The van der Waals surface area contributed by atoms with Crippen molar-refractivity contribution in [2.75, 3.05) is 7.05 Å². The van der Waals surface area contributed by atoms with Crippen molar-refractivity contribution in [3.63, 3.8) is 0 Å². The lowest BCUT2D eigenvalue weighted by atomic mass is 10.1. The summed E-state index contributed by atoms with van der Waals surface area (Å²) in [6, 6.07) is 13.3. The molecule has 0 bridgehead atoms. The van der Waals surface area contributed by atoms with Crippen molar-refractivity contribution < 1.29 is 9.52 Å². The van der Waals surface area contributed by atoms with Crippen molar-refractivity contribution in [2.45, 2.75) is 13.1 Å². The summed E-state index contributed by atoms with van der Waals surface area (Å²) >= 11 is 0. The molecule has 2 aromatic carbocycles. The van der Waals surface area contributed by atoms with Crippen molar-refractivity contribution in [1.82, 2.24) is 14.9 Å². The lowest BCUT2D eigenvalue weighted by molar-refractivity contribution is 0.311. The average Bonchev–Trinajstić information content (AvgIpc) is 2.61. The first-order chi connectivity index (χ1) is 13.0. The maximum Gasteiger partial charge on any atom is 0.336 e. The van der Waals surface area contributed by atoms with E-state index in [1.807, 2.05) is 18.0 Å². The van der Waals surface area contributed by atoms with Crippen molar-refractivity contribution in [3.8, 4) is 5.75 Å². The van der Waals surface area contributed by atoms with Crippen LogP contribution < -0.4 is 11.2 Å². The van der Waals surface area contributed by atoms with Crippen LogP contribution in [0.3, 0.4) is 0 Å². The molecule has 0 aliphatic rings. The summed E-state index contributed by atoms with van der Waals surface area (Å²) in [5, 5.41) is 10.9. The van der Waals surface area contributed by atoms with E-state index in [0.29, 0.717) is 35.4 Å². The molecule has 0 unspecified atom stereocenters. The van der Waals surface area contributed by atoms with Crippen LogP contribution in [0.4, 0.5) is 0 Å². The van der Waals surface area contributed by atoms with Crippen LogP contribution in [-0.4, -0.2) is 27.0 Å². The van der Waals surface area contributed by atoms with Gasteiger partial charge in [-0.25, -0.2) is 9.78 Å². The van der Waals surface area contributed by atoms with Gasteiger partial charge in [-0.1, -0.05) is 12.1 Å². The van der Waals surface area contributed by atoms with E-state index >= 15 is 0 Å². The number of rotatable bonds is 4. The summed E-state index contributed by atoms with van der Waals surface area (Å²) in [6.45, 7) is 0.850. The minimum Gasteiger partial charge on any atom is -0.508 e. The Kier molecular flexibility index (Phi) is 4.21. The van der Waals surface area contributed by atoms with E-state index in [-0.39, 0.29) is 11.3 Å². The molecule has 4 rings (SSSR count). The van der Waals surface area contributed by atoms with Gasteiger partial charge >= 0.3 is 5.63 Å². The number of nitrogens with zero attached hydrogens (tertiary/aromatic N) is 2. The van der Waals surface area contributed by atoms with E-state index in [2.05, 4.69) is 9.97 Å². The molecule has 2 N–H and O–H groups in total. The molecule has 7 nitrogen and oxygen atoms in total. The molecule has 4 aromatic rings. The SMILES string of the molecule is CN(Cc1nc2ccccc2c(=O)[nH]1)Cc1cc(=O)oc2cc(O)ccc12. The number of hydrogen-bond donors (Lipinski definition) is 2. The molecule has 0 amide bonds. The average molecular weight is 363 g/mol. The van der Waals surface area contributed by atoms with Crippen LogP contribution in [0.1, 0.15) is 11.4 Å². The van der Waals surface area contributed by atoms with E-state index in [1.54, 1.807) is 30.3 Å². The predicted molar refractivity (Wildman–Crippen MR) is 102 cm³/mol. The lowest BCUT2D eigenvalue weighted by Gasteiger charge is -2.17. The zero-order chi connectivity index (χ0) is 19.0. The highest BCUT2D eigenvalue weighted by molar-refractivity contribution is 5.81. The fourth-order valence-corrected chi connectivity index (χ4v) is 3.16. The standard InChI is InChI=1S/C20H17N3O4/c1-23(11-18-21-16-5-3-2-4-15(16)20(26)22-18)10-12-8-19(25)27-17-9-13(24)6-7-14(12)17/h2-9,24H,10-11H2,1H3,(H,21,22,26). The number of para-hydroxylation sites is 1. The number of aromatic amines is 1. The van der Waals surface area contributed by atoms with Gasteiger partial charge in [-0.15, -0.1) is 0 Å². The molecule has 136 valence electrons. The molecule has 0 radical (unpaired) electrons. The van der Waals surface area contributed by atoms with Gasteiger partial charge in [0, 0.05) is 24.1 Å². The number of benzene rings is 2. The first kappa shape index (κ1) is 17.0. The summed E-state index contributed by atoms with van der Waals surface area (Å²) < 4.78 is 5.15. The van der Waals surface area contributed by atoms with Crippen LogP contribution in [0.2, 0.25) is 0 Å². The second-order valence-electron chi connectivity index (χ2n) is 6.47. The van der Waals surface area contributed by atoms with Crippen LogP contribution >= 0.6 is 0 Å². The quantitative estimate of drug-likeness (QED) is 0.540. The van der Waals surface area contributed by atoms with Gasteiger partial charge in [-0.2, -0.15) is 0 Å². The monoisotopic (exact) mass is 363 g/mol. The van der Waals surface area contributed by atoms with Crippen molar-refractivity contribution in [1.29, 1.82) is 0 Å². The van der Waals surface area contributed by atoms with Crippen LogP contribution in [0, 0.1) is 0 Å². The van der Waals surface area contributed by atoms with Crippen LogP contribution in [0.25, 0.3) is 21.9 Å². The van der Waals surface area contributed by atoms with Gasteiger partial charge in [0.15, 0.2) is 0 Å². The van der Waals surface area contributed by atoms with Crippen LogP contribution in [-0.2, 0) is 13.1 Å². The lowest BCUT2D eigenvalue weighted by Crippen LogP contribution is -2.22. The summed E-state index contributed by atoms with van der Waals surface area (Å²) in [5.41, 5.74) is 1.10. The number of nitrogens with one attached hydrogen (secondary N) is 1. The molecule has 0 aliphatic heterocycles. The maximum atomic E-state index is 12.2. The Hall–Kier alpha value is -3.45. The van der Waals surface area contributed by atoms with E-state index in [0.717, 1.165) is 10.9 Å². The highest BCUT2D eigenvalue weighted by Crippen LogP contribution is 2.22. The second kappa shape index (κ2) is 6.69. The van der Waals surface area contributed by atoms with E-state index in [9.17, 15) is 14.7 Å². The Morgan fingerprint density at radius 3 is 2.74 bits per heavy atom. The zero-order valence-electron chi connectivity index (χ0n) is 14.6. The largest absolute Gasteiger partial charge is 0.508 e. The van der Waals surface area contributed by atoms with Gasteiger partial charge in [0.05, 0.1) is 17.4 Å². The molecule has 2 aromatic heterocycles. The van der Waals surface area contributed by atoms with E-state index in [1.165, 1.54) is 12.1 Å². The van der Waals surface area contributed by atoms with Crippen molar-refractivity contribution >= 4 is 21.9 Å². The summed E-state index contributed by atoms with van der Waals surface area (Å²) in [7, 11) is 1.87. The molecule has 2 heterocycles. The Balaban J connectivity index is 1.63. The van der Waals surface area contributed by atoms with Gasteiger partial charge < -0.3 is 14.5 Å². The number of phenolic OH excluding ortho intramolecular Hbond substituents is 1. The number of phenols is 1. The van der Waals surface area contributed by atoms with Crippen LogP contribution in [0.5, 0.6) is 5.75 Å². The fourth-order valence-electron chi connectivity index (χ4n) is 3.16. The molecule has 27 heavy (non-hydrogen) atoms. The number of H-pyrrole nitrogens is 1. The maximum absolute atomic E-state index is 12.2. The smallest absolute Gasteiger partial charge is 0.336 e. The minimum atomic E-state index is -0.478. The number of aromatic hydroxyl groups is 1. The number of hydrogen-bond acceptors (Lipinski definition) is 6. The first-order valence-corrected chi connectivity index (χ1v) is 8.42. The molecule has 0 aliphatic carbocycles. The summed E-state index contributed by atoms with van der Waals surface area (Å²) in [6.07, 6.45) is 0. The molecule has 0 saturated heterocycles. The topological polar surface area (TPSA) is 99.4 Å². The van der Waals surface area contributed by atoms with Crippen molar-refractivity contribution in [3.05, 3.63) is 80.7 Å². The molecular formula is C20H17N3O4. The minimum absolute atomic E-state index is 0.0362. The van der Waals surface area contributed by atoms with Gasteiger partial charge in [0.1, 0.15) is 17.2 Å². The van der Waals surface area contributed by atoms with Crippen LogP contribution in [0.15, 0.2) is 62.5 Å². The van der Waals surface area contributed by atoms with Gasteiger partial charge in [0.25, 0.3) is 5.56 Å². The highest BCUT2D eigenvalue weighted by atomic mass is 16.4. The molecular weight excluding hydrogens is 346 g/mol. The highest BCUT2D eigenvalue weighted by Gasteiger charge is 2.11. The molecule has 0 atom stereocenters. The first-order valence-electron chi connectivity index (χ1n) is 8.42. The Labute approximate surface area is 153 Å². The molecule has 0 spiro atoms. The summed E-state index contributed by atoms with van der Waals surface area (Å²) in [4.78, 5) is 33.3. The third kappa shape index (κ3) is 3.45.